The highest BCUT2D eigenvalue weighted by Crippen LogP contribution is 2.29. The molecule has 1 atom stereocenters. The minimum Gasteiger partial charge on any atom is -0.316 e. The molecule has 18 heavy (non-hydrogen) atoms. The van der Waals surface area contributed by atoms with E-state index in [4.69, 9.17) is 0 Å². The van der Waals surface area contributed by atoms with Gasteiger partial charge in [-0.2, -0.15) is 0 Å². The second-order valence-electron chi connectivity index (χ2n) is 5.66. The third kappa shape index (κ3) is 3.11. The standard InChI is InChI=1S/C14H23N3S/c1-2-12(10-15-5-1)11-17-7-3-13(4-8-17)14-16-6-9-18-14/h6,9,12-13,15H,1-5,7-8,10-11H2. The number of aromatic nitrogens is 1. The van der Waals surface area contributed by atoms with Gasteiger partial charge in [0.1, 0.15) is 0 Å². The Morgan fingerprint density at radius 2 is 2.22 bits per heavy atom. The largest absolute Gasteiger partial charge is 0.316 e. The molecule has 1 unspecified atom stereocenters. The number of hydrogen-bond donors (Lipinski definition) is 1. The zero-order chi connectivity index (χ0) is 12.2. The number of thiazole rings is 1. The molecule has 1 aromatic rings. The van der Waals surface area contributed by atoms with Crippen LogP contribution in [0, 0.1) is 5.92 Å². The highest BCUT2D eigenvalue weighted by Gasteiger charge is 2.24. The van der Waals surface area contributed by atoms with Gasteiger partial charge >= 0.3 is 0 Å². The van der Waals surface area contributed by atoms with Crippen LogP contribution in [0.2, 0.25) is 0 Å². The van der Waals surface area contributed by atoms with Crippen molar-refractivity contribution in [2.24, 2.45) is 5.92 Å². The van der Waals surface area contributed by atoms with Gasteiger partial charge in [-0.05, 0) is 57.8 Å². The first kappa shape index (κ1) is 12.6. The zero-order valence-electron chi connectivity index (χ0n) is 11.0. The van der Waals surface area contributed by atoms with Crippen LogP contribution in [-0.2, 0) is 0 Å². The van der Waals surface area contributed by atoms with Crippen LogP contribution in [0.1, 0.15) is 36.6 Å². The number of nitrogens with one attached hydrogen (secondary N) is 1. The zero-order valence-corrected chi connectivity index (χ0v) is 11.8. The van der Waals surface area contributed by atoms with Crippen LogP contribution in [0.25, 0.3) is 0 Å². The minimum absolute atomic E-state index is 0.728. The van der Waals surface area contributed by atoms with E-state index in [1.54, 1.807) is 0 Å². The molecular weight excluding hydrogens is 242 g/mol. The van der Waals surface area contributed by atoms with Crippen molar-refractivity contribution in [3.05, 3.63) is 16.6 Å². The first-order valence-corrected chi connectivity index (χ1v) is 8.12. The lowest BCUT2D eigenvalue weighted by atomic mass is 9.94. The molecule has 0 saturated carbocycles. The van der Waals surface area contributed by atoms with Crippen molar-refractivity contribution in [2.75, 3.05) is 32.7 Å². The number of nitrogens with zero attached hydrogens (tertiary/aromatic N) is 2. The Morgan fingerprint density at radius 3 is 2.89 bits per heavy atom. The van der Waals surface area contributed by atoms with Crippen molar-refractivity contribution < 1.29 is 0 Å². The molecule has 4 heteroatoms. The van der Waals surface area contributed by atoms with Crippen molar-refractivity contribution in [3.8, 4) is 0 Å². The first-order chi connectivity index (χ1) is 8.92. The number of likely N-dealkylation sites (tertiary alicyclic amines) is 1. The summed E-state index contributed by atoms with van der Waals surface area (Å²) in [4.78, 5) is 7.14. The van der Waals surface area contributed by atoms with E-state index in [1.165, 1.54) is 63.4 Å². The third-order valence-corrected chi connectivity index (χ3v) is 5.24. The lowest BCUT2D eigenvalue weighted by Crippen LogP contribution is -2.41. The average molecular weight is 265 g/mol. The summed E-state index contributed by atoms with van der Waals surface area (Å²) in [6.45, 7) is 6.29. The summed E-state index contributed by atoms with van der Waals surface area (Å²) >= 11 is 1.83. The molecule has 1 aromatic heterocycles. The minimum atomic E-state index is 0.728. The molecule has 2 aliphatic heterocycles. The monoisotopic (exact) mass is 265 g/mol. The summed E-state index contributed by atoms with van der Waals surface area (Å²) in [6.07, 6.45) is 7.32. The van der Waals surface area contributed by atoms with E-state index in [9.17, 15) is 0 Å². The normalized spacial score (nSPS) is 27.4. The van der Waals surface area contributed by atoms with Gasteiger partial charge < -0.3 is 10.2 Å². The van der Waals surface area contributed by atoms with Crippen LogP contribution in [0.4, 0.5) is 0 Å². The molecule has 1 N–H and O–H groups in total. The molecule has 0 bridgehead atoms. The van der Waals surface area contributed by atoms with Gasteiger partial charge in [0.05, 0.1) is 5.01 Å². The molecule has 2 aliphatic rings. The highest BCUT2D eigenvalue weighted by atomic mass is 32.1. The van der Waals surface area contributed by atoms with Crippen molar-refractivity contribution in [1.29, 1.82) is 0 Å². The quantitative estimate of drug-likeness (QED) is 0.909. The fraction of sp³-hybridized carbons (Fsp3) is 0.786. The summed E-state index contributed by atoms with van der Waals surface area (Å²) in [7, 11) is 0. The van der Waals surface area contributed by atoms with E-state index in [1.807, 2.05) is 17.5 Å². The third-order valence-electron chi connectivity index (χ3n) is 4.30. The van der Waals surface area contributed by atoms with Gasteiger partial charge in [-0.3, -0.25) is 0 Å². The molecule has 0 spiro atoms. The molecular formula is C14H23N3S. The van der Waals surface area contributed by atoms with E-state index in [0.717, 1.165) is 11.8 Å². The van der Waals surface area contributed by atoms with Crippen LogP contribution in [0.15, 0.2) is 11.6 Å². The van der Waals surface area contributed by atoms with E-state index in [2.05, 4.69) is 20.6 Å². The van der Waals surface area contributed by atoms with Gasteiger partial charge in [0.25, 0.3) is 0 Å². The van der Waals surface area contributed by atoms with Crippen LogP contribution >= 0.6 is 11.3 Å². The molecule has 0 aliphatic carbocycles. The van der Waals surface area contributed by atoms with Crippen molar-refractivity contribution >= 4 is 11.3 Å². The van der Waals surface area contributed by atoms with Crippen molar-refractivity contribution in [1.82, 2.24) is 15.2 Å². The molecule has 0 radical (unpaired) electrons. The second-order valence-corrected chi connectivity index (χ2v) is 6.58. The Kier molecular flexibility index (Phi) is 4.28. The summed E-state index contributed by atoms with van der Waals surface area (Å²) in [5, 5.41) is 6.98. The molecule has 3 heterocycles. The second kappa shape index (κ2) is 6.13. The average Bonchev–Trinajstić information content (AvgIpc) is 2.95. The molecule has 0 aromatic carbocycles. The highest BCUT2D eigenvalue weighted by molar-refractivity contribution is 7.09. The maximum Gasteiger partial charge on any atom is 0.0956 e. The van der Waals surface area contributed by atoms with Crippen molar-refractivity contribution in [3.63, 3.8) is 0 Å². The molecule has 100 valence electrons. The number of hydrogen-bond acceptors (Lipinski definition) is 4. The van der Waals surface area contributed by atoms with Gasteiger partial charge in [-0.1, -0.05) is 0 Å². The Hall–Kier alpha value is -0.450. The van der Waals surface area contributed by atoms with Gasteiger partial charge in [0.15, 0.2) is 0 Å². The van der Waals surface area contributed by atoms with E-state index in [0.29, 0.717) is 0 Å². The predicted molar refractivity (Wildman–Crippen MR) is 76.1 cm³/mol. The van der Waals surface area contributed by atoms with Crippen molar-refractivity contribution in [2.45, 2.75) is 31.6 Å². The first-order valence-electron chi connectivity index (χ1n) is 7.24. The van der Waals surface area contributed by atoms with E-state index in [-0.39, 0.29) is 0 Å². The Bertz CT molecular complexity index is 338. The maximum absolute atomic E-state index is 4.47. The summed E-state index contributed by atoms with van der Waals surface area (Å²) in [6, 6.07) is 0. The van der Waals surface area contributed by atoms with Crippen LogP contribution in [-0.4, -0.2) is 42.6 Å². The maximum atomic E-state index is 4.47. The fourth-order valence-corrected chi connectivity index (χ4v) is 4.05. The number of piperidine rings is 2. The molecule has 2 saturated heterocycles. The molecule has 2 fully saturated rings. The summed E-state index contributed by atoms with van der Waals surface area (Å²) < 4.78 is 0. The summed E-state index contributed by atoms with van der Waals surface area (Å²) in [5.74, 6) is 1.61. The topological polar surface area (TPSA) is 28.2 Å². The Labute approximate surface area is 114 Å². The van der Waals surface area contributed by atoms with Gasteiger partial charge in [0, 0.05) is 24.0 Å². The van der Waals surface area contributed by atoms with E-state index < -0.39 is 0 Å². The van der Waals surface area contributed by atoms with Gasteiger partial charge in [-0.25, -0.2) is 4.98 Å². The van der Waals surface area contributed by atoms with Crippen LogP contribution in [0.5, 0.6) is 0 Å². The predicted octanol–water partition coefficient (Wildman–Crippen LogP) is 2.32. The van der Waals surface area contributed by atoms with Crippen LogP contribution < -0.4 is 5.32 Å². The lowest BCUT2D eigenvalue weighted by molar-refractivity contribution is 0.169. The Balaban J connectivity index is 1.45. The van der Waals surface area contributed by atoms with Crippen LogP contribution in [0.3, 0.4) is 0 Å². The summed E-state index contributed by atoms with van der Waals surface area (Å²) in [5.41, 5.74) is 0. The van der Waals surface area contributed by atoms with Gasteiger partial charge in [-0.15, -0.1) is 11.3 Å². The fourth-order valence-electron chi connectivity index (χ4n) is 3.24. The smallest absolute Gasteiger partial charge is 0.0956 e. The molecule has 3 rings (SSSR count). The van der Waals surface area contributed by atoms with E-state index >= 15 is 0 Å². The van der Waals surface area contributed by atoms with Gasteiger partial charge in [0.2, 0.25) is 0 Å². The SMILES string of the molecule is c1csc(C2CCN(CC3CCCNC3)CC2)n1. The molecule has 0 amide bonds. The lowest BCUT2D eigenvalue weighted by Gasteiger charge is -2.34. The Morgan fingerprint density at radius 1 is 1.33 bits per heavy atom. The molecule has 3 nitrogen and oxygen atoms in total. The number of rotatable bonds is 3.